The second-order valence-corrected chi connectivity index (χ2v) is 16.7. The van der Waals surface area contributed by atoms with Crippen LogP contribution in [0.4, 0.5) is 10.5 Å². The van der Waals surface area contributed by atoms with Gasteiger partial charge in [-0.1, -0.05) is 63.9 Å². The third-order valence-electron chi connectivity index (χ3n) is 10.0. The summed E-state index contributed by atoms with van der Waals surface area (Å²) in [5, 5.41) is 14.5. The minimum Gasteiger partial charge on any atom is -0.495 e. The minimum absolute atomic E-state index is 0.0452. The average Bonchev–Trinajstić information content (AvgIpc) is 3.80. The van der Waals surface area contributed by atoms with Gasteiger partial charge in [-0.2, -0.15) is 0 Å². The van der Waals surface area contributed by atoms with Crippen LogP contribution in [0.15, 0.2) is 35.9 Å². The summed E-state index contributed by atoms with van der Waals surface area (Å²) < 4.78 is 29.2. The highest BCUT2D eigenvalue weighted by Crippen LogP contribution is 2.49. The molecule has 3 aliphatic rings. The number of aliphatic hydroxyl groups is 1. The number of rotatable bonds is 9. The highest BCUT2D eigenvalue weighted by atomic mass is 35.5. The summed E-state index contributed by atoms with van der Waals surface area (Å²) >= 11 is 6.75. The molecule has 0 aliphatic carbocycles. The Morgan fingerprint density at radius 3 is 2.63 bits per heavy atom. The number of allylic oxidation sites excluding steroid dienone is 3. The number of carbonyl (C=O) groups is 4. The van der Waals surface area contributed by atoms with E-state index < -0.39 is 65.7 Å². The van der Waals surface area contributed by atoms with Crippen molar-refractivity contribution >= 4 is 62.8 Å². The monoisotopic (exact) mass is 783 g/mol. The quantitative estimate of drug-likeness (QED) is 0.151. The Morgan fingerprint density at radius 1 is 1.27 bits per heavy atom. The Labute approximate surface area is 318 Å². The molecule has 4 bridgehead atoms. The van der Waals surface area contributed by atoms with Crippen LogP contribution in [-0.4, -0.2) is 116 Å². The van der Waals surface area contributed by atoms with Crippen LogP contribution in [0.3, 0.4) is 0 Å². The first-order valence-electron chi connectivity index (χ1n) is 17.0. The van der Waals surface area contributed by atoms with E-state index in [1.165, 1.54) is 31.1 Å². The van der Waals surface area contributed by atoms with E-state index in [1.807, 2.05) is 19.3 Å². The molecule has 4 rings (SSSR count). The lowest BCUT2D eigenvalue weighted by Crippen LogP contribution is -2.63. The molecule has 0 spiro atoms. The SMILES string of the molecule is COc1cc2cc(c1Cl)N(C)C(=O)C[C@@H](OC(=O)[C@H](C)N(C)C(=O)CCSSC)[C@]1(C)O[C@@H]1[C@@H](C)[C@@H]1C[C@@](O)(NC(=O)O1)[C@H](OC)/C=C/C=C(\C)C2. The Morgan fingerprint density at radius 2 is 1.98 bits per heavy atom. The summed E-state index contributed by atoms with van der Waals surface area (Å²) in [5.74, 6) is -0.916. The maximum Gasteiger partial charge on any atom is 0.409 e. The lowest BCUT2D eigenvalue weighted by molar-refractivity contribution is -0.161. The average molecular weight is 784 g/mol. The van der Waals surface area contributed by atoms with Gasteiger partial charge in [0.25, 0.3) is 0 Å². The van der Waals surface area contributed by atoms with Gasteiger partial charge in [0.2, 0.25) is 11.8 Å². The first kappa shape index (κ1) is 41.8. The fourth-order valence-electron chi connectivity index (χ4n) is 6.61. The third-order valence-corrected chi connectivity index (χ3v) is 12.2. The van der Waals surface area contributed by atoms with Crippen LogP contribution >= 0.6 is 33.2 Å². The number of benzene rings is 1. The van der Waals surface area contributed by atoms with Crippen LogP contribution in [-0.2, 0) is 39.8 Å². The number of esters is 1. The molecular formula is C36H50ClN3O10S2. The number of halogens is 1. The molecule has 0 unspecified atom stereocenters. The number of epoxide rings is 1. The zero-order valence-electron chi connectivity index (χ0n) is 31.1. The molecule has 8 atom stereocenters. The van der Waals surface area contributed by atoms with Gasteiger partial charge in [0.05, 0.1) is 25.3 Å². The molecule has 13 nitrogen and oxygen atoms in total. The minimum atomic E-state index is -1.82. The van der Waals surface area contributed by atoms with Gasteiger partial charge in [-0.05, 0) is 51.1 Å². The smallest absolute Gasteiger partial charge is 0.409 e. The van der Waals surface area contributed by atoms with Gasteiger partial charge < -0.3 is 38.6 Å². The van der Waals surface area contributed by atoms with Gasteiger partial charge in [-0.25, -0.2) is 9.59 Å². The van der Waals surface area contributed by atoms with Gasteiger partial charge >= 0.3 is 12.1 Å². The lowest BCUT2D eigenvalue weighted by atomic mass is 9.83. The number of amides is 3. The molecule has 3 aliphatic heterocycles. The number of alkyl carbamates (subject to hydrolysis) is 1. The molecule has 1 aromatic rings. The molecule has 16 heteroatoms. The van der Waals surface area contributed by atoms with Crippen molar-refractivity contribution in [2.75, 3.05) is 45.2 Å². The van der Waals surface area contributed by atoms with E-state index in [1.54, 1.807) is 73.7 Å². The summed E-state index contributed by atoms with van der Waals surface area (Å²) in [4.78, 5) is 56.2. The van der Waals surface area contributed by atoms with Crippen molar-refractivity contribution < 1.29 is 48.0 Å². The van der Waals surface area contributed by atoms with Crippen molar-refractivity contribution in [1.29, 1.82) is 0 Å². The largest absolute Gasteiger partial charge is 0.495 e. The van der Waals surface area contributed by atoms with Crippen LogP contribution in [0, 0.1) is 5.92 Å². The first-order chi connectivity index (χ1) is 24.5. The highest BCUT2D eigenvalue weighted by molar-refractivity contribution is 8.76. The second kappa shape index (κ2) is 17.5. The molecule has 0 aromatic heterocycles. The molecule has 2 N–H and O–H groups in total. The van der Waals surface area contributed by atoms with Crippen molar-refractivity contribution in [2.24, 2.45) is 5.92 Å². The number of nitrogens with one attached hydrogen (secondary N) is 1. The van der Waals surface area contributed by atoms with Gasteiger partial charge in [0, 0.05) is 45.7 Å². The summed E-state index contributed by atoms with van der Waals surface area (Å²) in [5.41, 5.74) is -0.884. The molecule has 2 fully saturated rings. The third kappa shape index (κ3) is 9.40. The van der Waals surface area contributed by atoms with E-state index in [4.69, 9.17) is 35.3 Å². The van der Waals surface area contributed by atoms with E-state index in [9.17, 15) is 24.3 Å². The second-order valence-electron chi connectivity index (χ2n) is 13.6. The Bertz CT molecular complexity index is 1580. The Hall–Kier alpha value is -2.95. The topological polar surface area (TPSA) is 156 Å². The van der Waals surface area contributed by atoms with E-state index in [-0.39, 0.29) is 30.2 Å². The van der Waals surface area contributed by atoms with Gasteiger partial charge in [-0.3, -0.25) is 14.9 Å². The van der Waals surface area contributed by atoms with E-state index in [0.29, 0.717) is 23.6 Å². The molecule has 0 radical (unpaired) electrons. The molecule has 0 saturated carbocycles. The molecule has 3 heterocycles. The van der Waals surface area contributed by atoms with Gasteiger partial charge in [0.1, 0.15) is 40.7 Å². The standard InChI is InChI=1S/C36H50ClN3O10S2/c1-20-11-10-12-27(47-8)36(45)19-26(48-34(44)38-36)21(2)32-35(4,50-32)28(49-33(43)22(3)39(5)29(41)13-14-52-51-9)18-30(42)40(6)24-16-23(15-20)17-25(46-7)31(24)37/h10-12,16-17,21-22,26-28,32,45H,13-15,18-19H2,1-9H3,(H,38,44)/b12-10+,20-11+/t21-,22-,26-,27+,28+,32+,35-,36-/m0/s1. The fourth-order valence-corrected chi connectivity index (χ4v) is 8.09. The summed E-state index contributed by atoms with van der Waals surface area (Å²) in [7, 11) is 9.14. The zero-order chi connectivity index (χ0) is 38.5. The summed E-state index contributed by atoms with van der Waals surface area (Å²) in [6.07, 6.45) is 3.17. The van der Waals surface area contributed by atoms with Crippen molar-refractivity contribution in [3.05, 3.63) is 46.5 Å². The van der Waals surface area contributed by atoms with E-state index in [0.717, 1.165) is 11.1 Å². The fraction of sp³-hybridized carbons (Fsp3) is 0.611. The number of methoxy groups -OCH3 is 2. The van der Waals surface area contributed by atoms with Gasteiger partial charge in [-0.15, -0.1) is 0 Å². The zero-order valence-corrected chi connectivity index (χ0v) is 33.5. The van der Waals surface area contributed by atoms with Crippen LogP contribution in [0.25, 0.3) is 0 Å². The van der Waals surface area contributed by atoms with Crippen LogP contribution in [0.2, 0.25) is 5.02 Å². The van der Waals surface area contributed by atoms with Crippen LogP contribution < -0.4 is 15.0 Å². The van der Waals surface area contributed by atoms with E-state index >= 15 is 0 Å². The molecule has 1 aromatic carbocycles. The van der Waals surface area contributed by atoms with Crippen molar-refractivity contribution in [1.82, 2.24) is 10.2 Å². The molecule has 288 valence electrons. The van der Waals surface area contributed by atoms with Crippen LogP contribution in [0.1, 0.15) is 52.5 Å². The predicted octanol–water partition coefficient (Wildman–Crippen LogP) is 4.92. The number of fused-ring (bicyclic) bond motifs is 5. The van der Waals surface area contributed by atoms with Gasteiger partial charge in [0.15, 0.2) is 5.72 Å². The Kier molecular flexibility index (Phi) is 14.0. The summed E-state index contributed by atoms with van der Waals surface area (Å²) in [6.45, 7) is 7.02. The maximum absolute atomic E-state index is 14.1. The normalized spacial score (nSPS) is 31.6. The lowest BCUT2D eigenvalue weighted by Gasteiger charge is -2.42. The number of hydrogen-bond donors (Lipinski definition) is 2. The van der Waals surface area contributed by atoms with Crippen molar-refractivity contribution in [3.63, 3.8) is 0 Å². The Balaban J connectivity index is 1.74. The number of carbonyl (C=O) groups excluding carboxylic acids is 4. The van der Waals surface area contributed by atoms with Crippen LogP contribution in [0.5, 0.6) is 5.75 Å². The molecule has 3 amide bonds. The predicted molar refractivity (Wildman–Crippen MR) is 202 cm³/mol. The van der Waals surface area contributed by atoms with Crippen molar-refractivity contribution in [2.45, 2.75) is 95.2 Å². The highest BCUT2D eigenvalue weighted by Gasteiger charge is 2.64. The number of likely N-dealkylation sites (N-methyl/N-ethyl adjacent to an activating group) is 1. The van der Waals surface area contributed by atoms with Crippen molar-refractivity contribution in [3.8, 4) is 5.75 Å². The summed E-state index contributed by atoms with van der Waals surface area (Å²) in [6, 6.07) is 2.63. The number of nitrogens with zero attached hydrogens (tertiary/aromatic N) is 2. The molecule has 2 saturated heterocycles. The molecular weight excluding hydrogens is 734 g/mol. The number of hydrogen-bond acceptors (Lipinski definition) is 12. The maximum atomic E-state index is 14.1. The first-order valence-corrected chi connectivity index (χ1v) is 20.1. The number of anilines is 1. The number of ether oxygens (including phenoxy) is 5. The van der Waals surface area contributed by atoms with E-state index in [2.05, 4.69) is 5.32 Å². The molecule has 52 heavy (non-hydrogen) atoms.